The van der Waals surface area contributed by atoms with Crippen LogP contribution in [0.25, 0.3) is 0 Å². The van der Waals surface area contributed by atoms with Crippen LogP contribution in [0.3, 0.4) is 0 Å². The average Bonchev–Trinajstić information content (AvgIpc) is 2.41. The molecule has 0 saturated carbocycles. The van der Waals surface area contributed by atoms with Gasteiger partial charge < -0.3 is 15.5 Å². The van der Waals surface area contributed by atoms with Crippen LogP contribution in [-0.4, -0.2) is 29.3 Å². The molecule has 0 fully saturated rings. The summed E-state index contributed by atoms with van der Waals surface area (Å²) in [5.74, 6) is -0.923. The first-order chi connectivity index (χ1) is 8.56. The molecular formula is C14H21NO3. The zero-order valence-corrected chi connectivity index (χ0v) is 10.9. The fourth-order valence-electron chi connectivity index (χ4n) is 1.80. The Kier molecular flexibility index (Phi) is 5.16. The molecule has 1 rings (SSSR count). The van der Waals surface area contributed by atoms with Crippen LogP contribution in [0.2, 0.25) is 0 Å². The maximum atomic E-state index is 10.7. The monoisotopic (exact) mass is 251 g/mol. The first-order valence-electron chi connectivity index (χ1n) is 6.25. The quantitative estimate of drug-likeness (QED) is 0.696. The molecule has 4 heteroatoms. The van der Waals surface area contributed by atoms with E-state index in [0.717, 1.165) is 18.5 Å². The van der Waals surface area contributed by atoms with Crippen molar-refractivity contribution in [2.45, 2.75) is 26.7 Å². The highest BCUT2D eigenvalue weighted by Gasteiger charge is 2.24. The highest BCUT2D eigenvalue weighted by molar-refractivity contribution is 5.87. The van der Waals surface area contributed by atoms with Gasteiger partial charge in [0.15, 0.2) is 0 Å². The number of aliphatic hydroxyl groups excluding tert-OH is 1. The van der Waals surface area contributed by atoms with Crippen LogP contribution >= 0.6 is 0 Å². The molecule has 0 aliphatic rings. The van der Waals surface area contributed by atoms with Gasteiger partial charge in [-0.25, -0.2) is 4.79 Å². The second kappa shape index (κ2) is 6.40. The topological polar surface area (TPSA) is 69.6 Å². The van der Waals surface area contributed by atoms with Crippen molar-refractivity contribution < 1.29 is 15.0 Å². The SMILES string of the molecule is CCC(CC)(CO)CNc1ccc(C(=O)O)cc1. The Labute approximate surface area is 108 Å². The molecule has 1 aromatic carbocycles. The Morgan fingerprint density at radius 2 is 1.78 bits per heavy atom. The van der Waals surface area contributed by atoms with E-state index in [0.29, 0.717) is 6.54 Å². The second-order valence-corrected chi connectivity index (χ2v) is 4.60. The van der Waals surface area contributed by atoms with E-state index in [1.54, 1.807) is 24.3 Å². The Morgan fingerprint density at radius 3 is 2.17 bits per heavy atom. The molecule has 0 atom stereocenters. The molecule has 0 aromatic heterocycles. The highest BCUT2D eigenvalue weighted by atomic mass is 16.4. The minimum absolute atomic E-state index is 0.106. The lowest BCUT2D eigenvalue weighted by molar-refractivity contribution is 0.0697. The van der Waals surface area contributed by atoms with Crippen molar-refractivity contribution in [1.29, 1.82) is 0 Å². The summed E-state index contributed by atoms with van der Waals surface area (Å²) in [7, 11) is 0. The Hall–Kier alpha value is -1.55. The van der Waals surface area contributed by atoms with E-state index >= 15 is 0 Å². The van der Waals surface area contributed by atoms with Crippen LogP contribution in [-0.2, 0) is 0 Å². The maximum absolute atomic E-state index is 10.7. The van der Waals surface area contributed by atoms with Gasteiger partial charge in [0, 0.05) is 17.6 Å². The van der Waals surface area contributed by atoms with Gasteiger partial charge in [-0.05, 0) is 37.1 Å². The molecule has 0 aliphatic heterocycles. The predicted octanol–water partition coefficient (Wildman–Crippen LogP) is 2.60. The number of carbonyl (C=O) groups is 1. The van der Waals surface area contributed by atoms with E-state index in [1.807, 2.05) is 0 Å². The summed E-state index contributed by atoms with van der Waals surface area (Å²) in [6.45, 7) is 4.97. The Morgan fingerprint density at radius 1 is 1.22 bits per heavy atom. The fourth-order valence-corrected chi connectivity index (χ4v) is 1.80. The van der Waals surface area contributed by atoms with Gasteiger partial charge in [-0.1, -0.05) is 13.8 Å². The number of benzene rings is 1. The van der Waals surface area contributed by atoms with Crippen LogP contribution in [0.4, 0.5) is 5.69 Å². The number of anilines is 1. The van der Waals surface area contributed by atoms with Gasteiger partial charge in [0.05, 0.1) is 12.2 Å². The van der Waals surface area contributed by atoms with E-state index in [1.165, 1.54) is 0 Å². The van der Waals surface area contributed by atoms with Gasteiger partial charge in [0.25, 0.3) is 0 Å². The number of aliphatic hydroxyl groups is 1. The molecule has 0 saturated heterocycles. The molecule has 0 spiro atoms. The lowest BCUT2D eigenvalue weighted by atomic mass is 9.83. The third kappa shape index (κ3) is 3.47. The van der Waals surface area contributed by atoms with Crippen LogP contribution in [0, 0.1) is 5.41 Å². The molecule has 0 amide bonds. The Balaban J connectivity index is 2.65. The molecule has 0 bridgehead atoms. The van der Waals surface area contributed by atoms with E-state index < -0.39 is 5.97 Å². The van der Waals surface area contributed by atoms with Crippen LogP contribution in [0.15, 0.2) is 24.3 Å². The molecule has 0 heterocycles. The van der Waals surface area contributed by atoms with Crippen LogP contribution in [0.1, 0.15) is 37.0 Å². The lowest BCUT2D eigenvalue weighted by Crippen LogP contribution is -2.32. The minimum Gasteiger partial charge on any atom is -0.478 e. The first kappa shape index (κ1) is 14.5. The lowest BCUT2D eigenvalue weighted by Gasteiger charge is -2.30. The number of rotatable bonds is 7. The van der Waals surface area contributed by atoms with Crippen LogP contribution < -0.4 is 5.32 Å². The molecule has 18 heavy (non-hydrogen) atoms. The van der Waals surface area contributed by atoms with Crippen molar-refractivity contribution in [2.75, 3.05) is 18.5 Å². The highest BCUT2D eigenvalue weighted by Crippen LogP contribution is 2.26. The third-order valence-corrected chi connectivity index (χ3v) is 3.63. The molecule has 0 radical (unpaired) electrons. The number of nitrogens with one attached hydrogen (secondary N) is 1. The fraction of sp³-hybridized carbons (Fsp3) is 0.500. The smallest absolute Gasteiger partial charge is 0.335 e. The Bertz CT molecular complexity index is 374. The van der Waals surface area contributed by atoms with Crippen molar-refractivity contribution >= 4 is 11.7 Å². The maximum Gasteiger partial charge on any atom is 0.335 e. The number of hydrogen-bond acceptors (Lipinski definition) is 3. The van der Waals surface area contributed by atoms with Gasteiger partial charge in [0.1, 0.15) is 0 Å². The summed E-state index contributed by atoms with van der Waals surface area (Å²) in [6.07, 6.45) is 1.81. The average molecular weight is 251 g/mol. The van der Waals surface area contributed by atoms with E-state index in [-0.39, 0.29) is 17.6 Å². The zero-order chi connectivity index (χ0) is 13.6. The van der Waals surface area contributed by atoms with Gasteiger partial charge >= 0.3 is 5.97 Å². The second-order valence-electron chi connectivity index (χ2n) is 4.60. The molecule has 100 valence electrons. The standard InChI is InChI=1S/C14H21NO3/c1-3-14(4-2,10-16)9-15-12-7-5-11(6-8-12)13(17)18/h5-8,15-16H,3-4,9-10H2,1-2H3,(H,17,18). The predicted molar refractivity (Wildman–Crippen MR) is 72.0 cm³/mol. The van der Waals surface area contributed by atoms with Gasteiger partial charge in [0.2, 0.25) is 0 Å². The van der Waals surface area contributed by atoms with Gasteiger partial charge in [-0.3, -0.25) is 0 Å². The van der Waals surface area contributed by atoms with Gasteiger partial charge in [-0.2, -0.15) is 0 Å². The summed E-state index contributed by atoms with van der Waals surface area (Å²) < 4.78 is 0. The zero-order valence-electron chi connectivity index (χ0n) is 10.9. The van der Waals surface area contributed by atoms with Crippen molar-refractivity contribution in [3.8, 4) is 0 Å². The molecule has 1 aromatic rings. The third-order valence-electron chi connectivity index (χ3n) is 3.63. The number of hydrogen-bond donors (Lipinski definition) is 3. The normalized spacial score (nSPS) is 11.3. The molecule has 0 aliphatic carbocycles. The van der Waals surface area contributed by atoms with Gasteiger partial charge in [-0.15, -0.1) is 0 Å². The van der Waals surface area contributed by atoms with Crippen LogP contribution in [0.5, 0.6) is 0 Å². The largest absolute Gasteiger partial charge is 0.478 e. The van der Waals surface area contributed by atoms with Crippen molar-refractivity contribution in [1.82, 2.24) is 0 Å². The molecule has 3 N–H and O–H groups in total. The van der Waals surface area contributed by atoms with Crippen molar-refractivity contribution in [2.24, 2.45) is 5.41 Å². The molecule has 4 nitrogen and oxygen atoms in total. The van der Waals surface area contributed by atoms with E-state index in [2.05, 4.69) is 19.2 Å². The van der Waals surface area contributed by atoms with Crippen molar-refractivity contribution in [3.05, 3.63) is 29.8 Å². The first-order valence-corrected chi connectivity index (χ1v) is 6.25. The van der Waals surface area contributed by atoms with E-state index in [4.69, 9.17) is 5.11 Å². The van der Waals surface area contributed by atoms with Crippen molar-refractivity contribution in [3.63, 3.8) is 0 Å². The summed E-state index contributed by atoms with van der Waals surface area (Å²) in [5.41, 5.74) is 1.05. The summed E-state index contributed by atoms with van der Waals surface area (Å²) in [6, 6.07) is 6.64. The number of carboxylic acid groups (broad SMARTS) is 1. The summed E-state index contributed by atoms with van der Waals surface area (Å²) in [4.78, 5) is 10.7. The summed E-state index contributed by atoms with van der Waals surface area (Å²) >= 11 is 0. The summed E-state index contributed by atoms with van der Waals surface area (Å²) in [5, 5.41) is 21.5. The number of aromatic carboxylic acids is 1. The molecule has 0 unspecified atom stereocenters. The van der Waals surface area contributed by atoms with E-state index in [9.17, 15) is 9.90 Å². The molecular weight excluding hydrogens is 230 g/mol. The minimum atomic E-state index is -0.923. The number of carboxylic acids is 1.